The molecule has 3 heteroatoms. The molecule has 0 aromatic heterocycles. The van der Waals surface area contributed by atoms with Crippen LogP contribution in [0.5, 0.6) is 0 Å². The van der Waals surface area contributed by atoms with Crippen molar-refractivity contribution in [2.45, 2.75) is 5.82 Å². The maximum absolute atomic E-state index is 5.12. The Bertz CT molecular complexity index is 74.9. The zero-order valence-electron chi connectivity index (χ0n) is 4.26. The van der Waals surface area contributed by atoms with E-state index in [4.69, 9.17) is 11.8 Å². The quantitative estimate of drug-likeness (QED) is 0.441. The van der Waals surface area contributed by atoms with E-state index >= 15 is 0 Å². The summed E-state index contributed by atoms with van der Waals surface area (Å²) >= 11 is 5.86. The Morgan fingerprint density at radius 2 is 1.67 bits per heavy atom. The molecule has 0 amide bonds. The summed E-state index contributed by atoms with van der Waals surface area (Å²) in [6, 6.07) is 0. The van der Waals surface area contributed by atoms with E-state index in [1.807, 2.05) is 0 Å². The van der Waals surface area contributed by atoms with Crippen LogP contribution in [-0.4, -0.2) is 27.8 Å². The molecule has 0 saturated heterocycles. The number of rotatable bonds is 1. The molecule has 0 fully saturated rings. The minimum absolute atomic E-state index is 0.738. The van der Waals surface area contributed by atoms with Crippen molar-refractivity contribution in [1.82, 2.24) is 0 Å². The van der Waals surface area contributed by atoms with Crippen LogP contribution in [-0.2, 0) is 11.8 Å². The van der Waals surface area contributed by atoms with Gasteiger partial charge in [0.05, 0.1) is 0 Å². The van der Waals surface area contributed by atoms with Gasteiger partial charge in [0.1, 0.15) is 0 Å². The van der Waals surface area contributed by atoms with Crippen LogP contribution < -0.4 is 0 Å². The first kappa shape index (κ1) is 7.17. The Morgan fingerprint density at radius 1 is 1.50 bits per heavy atom. The molecule has 0 aromatic rings. The molecular formula is C3H9PSSe. The second-order valence-corrected chi connectivity index (χ2v) is 16.7. The molecular weight excluding hydrogens is 178 g/mol. The van der Waals surface area contributed by atoms with Crippen molar-refractivity contribution < 1.29 is 0 Å². The van der Waals surface area contributed by atoms with Gasteiger partial charge in [0.15, 0.2) is 0 Å². The van der Waals surface area contributed by atoms with Gasteiger partial charge in [-0.15, -0.1) is 0 Å². The molecule has 6 heavy (non-hydrogen) atoms. The zero-order chi connectivity index (χ0) is 5.21. The average Bonchev–Trinajstić information content (AvgIpc) is 1.35. The summed E-state index contributed by atoms with van der Waals surface area (Å²) in [7, 11) is 0. The van der Waals surface area contributed by atoms with E-state index in [1.165, 1.54) is 0 Å². The van der Waals surface area contributed by atoms with E-state index in [1.54, 1.807) is 0 Å². The summed E-state index contributed by atoms with van der Waals surface area (Å²) in [6.07, 6.45) is 0. The molecule has 0 N–H and O–H groups in total. The van der Waals surface area contributed by atoms with Crippen LogP contribution in [0.25, 0.3) is 0 Å². The van der Waals surface area contributed by atoms with E-state index in [9.17, 15) is 0 Å². The third kappa shape index (κ3) is 5.17. The SMILES string of the molecule is C[Se]P(C)(C)=S. The molecule has 0 saturated carbocycles. The molecule has 0 spiro atoms. The summed E-state index contributed by atoms with van der Waals surface area (Å²) < 4.78 is -0.751. The van der Waals surface area contributed by atoms with Gasteiger partial charge in [-0.3, -0.25) is 0 Å². The van der Waals surface area contributed by atoms with Gasteiger partial charge in [0, 0.05) is 0 Å². The standard InChI is InChI=1S/C3H9PSSe/c1-4(2,5)6-3/h1-3H3. The van der Waals surface area contributed by atoms with Gasteiger partial charge >= 0.3 is 50.2 Å². The Hall–Kier alpha value is 1.17. The first-order valence-corrected chi connectivity index (χ1v) is 9.29. The van der Waals surface area contributed by atoms with Crippen LogP contribution in [0.4, 0.5) is 0 Å². The van der Waals surface area contributed by atoms with Crippen molar-refractivity contribution in [3.05, 3.63) is 0 Å². The van der Waals surface area contributed by atoms with Gasteiger partial charge in [0.25, 0.3) is 0 Å². The second-order valence-electron chi connectivity index (χ2n) is 1.43. The van der Waals surface area contributed by atoms with Gasteiger partial charge in [-0.1, -0.05) is 0 Å². The van der Waals surface area contributed by atoms with E-state index in [-0.39, 0.29) is 0 Å². The van der Waals surface area contributed by atoms with Gasteiger partial charge in [-0.2, -0.15) is 0 Å². The average molecular weight is 187 g/mol. The fourth-order valence-electron chi connectivity index (χ4n) is 0. The van der Waals surface area contributed by atoms with Crippen molar-refractivity contribution >= 4 is 31.0 Å². The Morgan fingerprint density at radius 3 is 1.67 bits per heavy atom. The molecule has 0 bridgehead atoms. The monoisotopic (exact) mass is 188 g/mol. The van der Waals surface area contributed by atoms with Crippen molar-refractivity contribution in [2.24, 2.45) is 0 Å². The van der Waals surface area contributed by atoms with Crippen LogP contribution in [0.15, 0.2) is 0 Å². The fraction of sp³-hybridized carbons (Fsp3) is 1.00. The van der Waals surface area contributed by atoms with Crippen LogP contribution in [0.3, 0.4) is 0 Å². The Labute approximate surface area is 50.5 Å². The number of hydrogen-bond donors (Lipinski definition) is 0. The summed E-state index contributed by atoms with van der Waals surface area (Å²) in [5.41, 5.74) is 0. The summed E-state index contributed by atoms with van der Waals surface area (Å²) in [4.78, 5) is 0. The molecule has 0 aliphatic rings. The van der Waals surface area contributed by atoms with Crippen molar-refractivity contribution in [3.8, 4) is 0 Å². The van der Waals surface area contributed by atoms with Gasteiger partial charge < -0.3 is 0 Å². The maximum atomic E-state index is 5.12. The van der Waals surface area contributed by atoms with E-state index < -0.39 is 4.73 Å². The van der Waals surface area contributed by atoms with Crippen LogP contribution in [0, 0.1) is 0 Å². The normalized spacial score (nSPS) is 11.8. The number of hydrogen-bond acceptors (Lipinski definition) is 1. The van der Waals surface area contributed by atoms with Crippen LogP contribution in [0.1, 0.15) is 0 Å². The fourth-order valence-corrected chi connectivity index (χ4v) is 0. The third-order valence-electron chi connectivity index (χ3n) is 0.440. The van der Waals surface area contributed by atoms with E-state index in [0.29, 0.717) is 0 Å². The van der Waals surface area contributed by atoms with Gasteiger partial charge in [-0.05, 0) is 0 Å². The Balaban J connectivity index is 3.48. The predicted molar refractivity (Wildman–Crippen MR) is 37.8 cm³/mol. The van der Waals surface area contributed by atoms with Crippen molar-refractivity contribution in [3.63, 3.8) is 0 Å². The Kier molecular flexibility index (Phi) is 2.95. The zero-order valence-corrected chi connectivity index (χ0v) is 7.69. The summed E-state index contributed by atoms with van der Waals surface area (Å²) in [5.74, 6) is 2.22. The predicted octanol–water partition coefficient (Wildman–Crippen LogP) is 1.39. The molecule has 0 aliphatic carbocycles. The van der Waals surface area contributed by atoms with Gasteiger partial charge in [-0.25, -0.2) is 0 Å². The minimum atomic E-state index is -0.751. The second kappa shape index (κ2) is 2.47. The first-order chi connectivity index (χ1) is 2.56. The molecule has 0 aliphatic heterocycles. The van der Waals surface area contributed by atoms with E-state index in [0.717, 1.165) is 14.5 Å². The van der Waals surface area contributed by atoms with Crippen LogP contribution in [0.2, 0.25) is 5.82 Å². The molecule has 38 valence electrons. The molecule has 0 radical (unpaired) electrons. The van der Waals surface area contributed by atoms with Crippen molar-refractivity contribution in [2.75, 3.05) is 13.3 Å². The molecule has 0 rings (SSSR count). The third-order valence-corrected chi connectivity index (χ3v) is 9.18. The molecule has 0 heterocycles. The van der Waals surface area contributed by atoms with Gasteiger partial charge in [0.2, 0.25) is 0 Å². The summed E-state index contributed by atoms with van der Waals surface area (Å²) in [6.45, 7) is 4.39. The molecule has 0 atom stereocenters. The first-order valence-electron chi connectivity index (χ1n) is 1.67. The molecule has 0 nitrogen and oxygen atoms in total. The van der Waals surface area contributed by atoms with E-state index in [2.05, 4.69) is 19.2 Å². The van der Waals surface area contributed by atoms with Crippen molar-refractivity contribution in [1.29, 1.82) is 0 Å². The van der Waals surface area contributed by atoms with Crippen LogP contribution >= 0.6 is 4.73 Å². The molecule has 0 unspecified atom stereocenters. The molecule has 0 aromatic carbocycles. The summed E-state index contributed by atoms with van der Waals surface area (Å²) in [5, 5.41) is 0. The topological polar surface area (TPSA) is 0 Å².